The van der Waals surface area contributed by atoms with E-state index in [9.17, 15) is 0 Å². The van der Waals surface area contributed by atoms with Crippen LogP contribution in [0.5, 0.6) is 0 Å². The number of aromatic nitrogens is 2. The topological polar surface area (TPSA) is 73.1 Å². The van der Waals surface area contributed by atoms with Gasteiger partial charge in [-0.3, -0.25) is 0 Å². The zero-order chi connectivity index (χ0) is 13.0. The molecule has 3 N–H and O–H groups in total. The minimum atomic E-state index is 0.287. The van der Waals surface area contributed by atoms with Crippen LogP contribution < -0.4 is 11.1 Å². The van der Waals surface area contributed by atoms with E-state index in [4.69, 9.17) is 22.1 Å². The third kappa shape index (κ3) is 3.23. The van der Waals surface area contributed by atoms with Crippen molar-refractivity contribution < 1.29 is 4.74 Å². The van der Waals surface area contributed by atoms with Crippen LogP contribution in [0.15, 0.2) is 0 Å². The third-order valence-corrected chi connectivity index (χ3v) is 3.45. The lowest BCUT2D eigenvalue weighted by molar-refractivity contribution is 0.178. The van der Waals surface area contributed by atoms with Crippen molar-refractivity contribution >= 4 is 23.1 Å². The van der Waals surface area contributed by atoms with Gasteiger partial charge in [0.15, 0.2) is 16.8 Å². The lowest BCUT2D eigenvalue weighted by Gasteiger charge is -2.24. The van der Waals surface area contributed by atoms with Gasteiger partial charge in [-0.25, -0.2) is 9.97 Å². The molecule has 1 aliphatic carbocycles. The van der Waals surface area contributed by atoms with Crippen LogP contribution in [0.2, 0.25) is 5.15 Å². The maximum Gasteiger partial charge on any atom is 0.158 e. The van der Waals surface area contributed by atoms with Gasteiger partial charge in [0.2, 0.25) is 0 Å². The number of ether oxygens (including phenoxy) is 1. The van der Waals surface area contributed by atoms with Gasteiger partial charge in [-0.2, -0.15) is 0 Å². The summed E-state index contributed by atoms with van der Waals surface area (Å²) in [5, 5.41) is 3.66. The highest BCUT2D eigenvalue weighted by molar-refractivity contribution is 6.32. The van der Waals surface area contributed by atoms with Crippen molar-refractivity contribution in [1.82, 2.24) is 9.97 Å². The van der Waals surface area contributed by atoms with Gasteiger partial charge in [-0.1, -0.05) is 30.9 Å². The molecule has 0 bridgehead atoms. The summed E-state index contributed by atoms with van der Waals surface area (Å²) < 4.78 is 5.02. The van der Waals surface area contributed by atoms with Crippen LogP contribution in [0.1, 0.15) is 37.9 Å². The van der Waals surface area contributed by atoms with Crippen LogP contribution in [0, 0.1) is 0 Å². The van der Waals surface area contributed by atoms with Gasteiger partial charge in [0.1, 0.15) is 12.3 Å². The van der Waals surface area contributed by atoms with E-state index in [1.54, 1.807) is 7.11 Å². The summed E-state index contributed by atoms with van der Waals surface area (Å²) in [6.07, 6.45) is 6.12. The minimum absolute atomic E-state index is 0.287. The molecule has 6 heteroatoms. The number of nitrogen functional groups attached to an aromatic ring is 1. The highest BCUT2D eigenvalue weighted by Crippen LogP contribution is 2.27. The number of anilines is 2. The minimum Gasteiger partial charge on any atom is -0.393 e. The lowest BCUT2D eigenvalue weighted by atomic mass is 9.95. The first-order chi connectivity index (χ1) is 8.70. The Hall–Kier alpha value is -1.07. The molecule has 1 saturated carbocycles. The number of hydrogen-bond donors (Lipinski definition) is 2. The third-order valence-electron chi connectivity index (χ3n) is 3.16. The van der Waals surface area contributed by atoms with Crippen LogP contribution in [0.4, 0.5) is 11.5 Å². The summed E-state index contributed by atoms with van der Waals surface area (Å²) in [6.45, 7) is 0.333. The van der Waals surface area contributed by atoms with Gasteiger partial charge < -0.3 is 15.8 Å². The molecule has 0 saturated heterocycles. The van der Waals surface area contributed by atoms with E-state index < -0.39 is 0 Å². The highest BCUT2D eigenvalue weighted by Gasteiger charge is 2.17. The Bertz CT molecular complexity index is 407. The van der Waals surface area contributed by atoms with E-state index in [-0.39, 0.29) is 5.15 Å². The molecule has 18 heavy (non-hydrogen) atoms. The summed E-state index contributed by atoms with van der Waals surface area (Å²) >= 11 is 6.00. The van der Waals surface area contributed by atoms with Gasteiger partial charge in [0.05, 0.1) is 0 Å². The monoisotopic (exact) mass is 270 g/mol. The molecule has 1 aliphatic rings. The van der Waals surface area contributed by atoms with Crippen molar-refractivity contribution in [3.63, 3.8) is 0 Å². The van der Waals surface area contributed by atoms with E-state index in [1.165, 1.54) is 19.3 Å². The smallest absolute Gasteiger partial charge is 0.158 e. The number of methoxy groups -OCH3 is 1. The molecule has 5 nitrogen and oxygen atoms in total. The Balaban J connectivity index is 2.14. The number of halogens is 1. The molecule has 0 radical (unpaired) electrons. The number of nitrogens with zero attached hydrogens (tertiary/aromatic N) is 2. The molecular weight excluding hydrogens is 252 g/mol. The van der Waals surface area contributed by atoms with Crippen molar-refractivity contribution in [3.05, 3.63) is 11.0 Å². The second kappa shape index (κ2) is 6.20. The maximum absolute atomic E-state index is 6.00. The quantitative estimate of drug-likeness (QED) is 0.823. The van der Waals surface area contributed by atoms with E-state index in [2.05, 4.69) is 15.3 Å². The zero-order valence-corrected chi connectivity index (χ0v) is 11.3. The average Bonchev–Trinajstić information content (AvgIpc) is 2.37. The molecule has 1 heterocycles. The van der Waals surface area contributed by atoms with Crippen LogP contribution >= 0.6 is 11.6 Å². The fourth-order valence-electron chi connectivity index (χ4n) is 2.23. The van der Waals surface area contributed by atoms with Crippen LogP contribution in [0.25, 0.3) is 0 Å². The Morgan fingerprint density at radius 1 is 1.33 bits per heavy atom. The van der Waals surface area contributed by atoms with Crippen molar-refractivity contribution in [2.24, 2.45) is 0 Å². The first-order valence-electron chi connectivity index (χ1n) is 6.28. The number of rotatable bonds is 4. The standard InChI is InChI=1S/C12H19ClN4O/c1-18-7-9-16-11(13)10(14)12(17-9)15-8-5-3-2-4-6-8/h8H,2-7,14H2,1H3,(H,15,16,17). The van der Waals surface area contributed by atoms with E-state index in [0.717, 1.165) is 12.8 Å². The van der Waals surface area contributed by atoms with E-state index >= 15 is 0 Å². The molecule has 0 unspecified atom stereocenters. The van der Waals surface area contributed by atoms with Crippen molar-refractivity contribution in [2.45, 2.75) is 44.8 Å². The van der Waals surface area contributed by atoms with Gasteiger partial charge in [0, 0.05) is 13.2 Å². The summed E-state index contributed by atoms with van der Waals surface area (Å²) in [6, 6.07) is 0.433. The number of hydrogen-bond acceptors (Lipinski definition) is 5. The second-order valence-corrected chi connectivity index (χ2v) is 4.96. The molecule has 0 spiro atoms. The first-order valence-corrected chi connectivity index (χ1v) is 6.66. The molecule has 100 valence electrons. The highest BCUT2D eigenvalue weighted by atomic mass is 35.5. The van der Waals surface area contributed by atoms with Crippen LogP contribution in [0.3, 0.4) is 0 Å². The number of nitrogens with two attached hydrogens (primary N) is 1. The Labute approximate surface area is 112 Å². The molecule has 0 amide bonds. The Morgan fingerprint density at radius 2 is 2.06 bits per heavy atom. The van der Waals surface area contributed by atoms with Gasteiger partial charge in [0.25, 0.3) is 0 Å². The summed E-state index contributed by atoms with van der Waals surface area (Å²) in [7, 11) is 1.60. The second-order valence-electron chi connectivity index (χ2n) is 4.61. The SMILES string of the molecule is COCc1nc(Cl)c(N)c(NC2CCCCC2)n1. The van der Waals surface area contributed by atoms with Gasteiger partial charge in [-0.05, 0) is 12.8 Å². The molecule has 0 atom stereocenters. The van der Waals surface area contributed by atoms with E-state index in [1.807, 2.05) is 0 Å². The molecule has 1 aromatic heterocycles. The van der Waals surface area contributed by atoms with Gasteiger partial charge >= 0.3 is 0 Å². The predicted octanol–water partition coefficient (Wildman–Crippen LogP) is 2.60. The summed E-state index contributed by atoms with van der Waals surface area (Å²) in [4.78, 5) is 8.44. The molecular formula is C12H19ClN4O. The van der Waals surface area contributed by atoms with Gasteiger partial charge in [-0.15, -0.1) is 0 Å². The Morgan fingerprint density at radius 3 is 2.72 bits per heavy atom. The fourth-order valence-corrected chi connectivity index (χ4v) is 2.42. The summed E-state index contributed by atoms with van der Waals surface area (Å²) in [5.41, 5.74) is 6.32. The predicted molar refractivity (Wildman–Crippen MR) is 72.7 cm³/mol. The van der Waals surface area contributed by atoms with Crippen LogP contribution in [-0.2, 0) is 11.3 Å². The maximum atomic E-state index is 6.00. The molecule has 1 aromatic rings. The fraction of sp³-hybridized carbons (Fsp3) is 0.667. The molecule has 2 rings (SSSR count). The lowest BCUT2D eigenvalue weighted by Crippen LogP contribution is -2.24. The average molecular weight is 271 g/mol. The first kappa shape index (κ1) is 13.4. The number of nitrogens with one attached hydrogen (secondary N) is 1. The van der Waals surface area contributed by atoms with Crippen molar-refractivity contribution in [2.75, 3.05) is 18.2 Å². The van der Waals surface area contributed by atoms with Crippen LogP contribution in [-0.4, -0.2) is 23.1 Å². The van der Waals surface area contributed by atoms with E-state index in [0.29, 0.717) is 30.0 Å². The Kier molecular flexibility index (Phi) is 4.60. The molecule has 0 aliphatic heterocycles. The van der Waals surface area contributed by atoms with Crippen molar-refractivity contribution in [3.8, 4) is 0 Å². The van der Waals surface area contributed by atoms with Crippen molar-refractivity contribution in [1.29, 1.82) is 0 Å². The molecule has 1 fully saturated rings. The largest absolute Gasteiger partial charge is 0.393 e. The molecule has 0 aromatic carbocycles. The zero-order valence-electron chi connectivity index (χ0n) is 10.6. The summed E-state index contributed by atoms with van der Waals surface area (Å²) in [5.74, 6) is 1.18. The normalized spacial score (nSPS) is 16.8.